The summed E-state index contributed by atoms with van der Waals surface area (Å²) in [5.41, 5.74) is 7.81. The lowest BCUT2D eigenvalue weighted by molar-refractivity contribution is 0.882. The summed E-state index contributed by atoms with van der Waals surface area (Å²) >= 11 is 0. The number of nitrogens with zero attached hydrogens (tertiary/aromatic N) is 2. The topological polar surface area (TPSA) is 43.8 Å². The van der Waals surface area contributed by atoms with Gasteiger partial charge in [-0.15, -0.1) is 0 Å². The Kier molecular flexibility index (Phi) is 1.81. The molecule has 2 N–H and O–H groups in total. The van der Waals surface area contributed by atoms with Crippen LogP contribution in [0, 0.1) is 0 Å². The first-order valence-corrected chi connectivity index (χ1v) is 3.92. The second-order valence-electron chi connectivity index (χ2n) is 2.81. The smallest absolute Gasteiger partial charge is 0.114 e. The summed E-state index contributed by atoms with van der Waals surface area (Å²) in [4.78, 5) is 0. The van der Waals surface area contributed by atoms with Crippen molar-refractivity contribution in [1.29, 1.82) is 0 Å². The zero-order chi connectivity index (χ0) is 9.26. The van der Waals surface area contributed by atoms with Gasteiger partial charge in [0.1, 0.15) is 7.85 Å². The number of anilines is 1. The molecule has 0 saturated heterocycles. The van der Waals surface area contributed by atoms with Crippen LogP contribution < -0.4 is 11.2 Å². The summed E-state index contributed by atoms with van der Waals surface area (Å²) in [7, 11) is 5.64. The highest BCUT2D eigenvalue weighted by Crippen LogP contribution is 2.08. The molecule has 4 heteroatoms. The fourth-order valence-corrected chi connectivity index (χ4v) is 1.21. The third-order valence-corrected chi connectivity index (χ3v) is 1.73. The molecule has 0 aliphatic heterocycles. The molecule has 0 bridgehead atoms. The van der Waals surface area contributed by atoms with Crippen LogP contribution >= 0.6 is 0 Å². The quantitative estimate of drug-likeness (QED) is 0.491. The van der Waals surface area contributed by atoms with Gasteiger partial charge in [-0.2, -0.15) is 5.10 Å². The maximum Gasteiger partial charge on any atom is 0.114 e. The Balaban J connectivity index is 2.53. The maximum absolute atomic E-state index is 5.64. The van der Waals surface area contributed by atoms with Gasteiger partial charge in [0, 0.05) is 18.1 Å². The van der Waals surface area contributed by atoms with Crippen LogP contribution in [-0.4, -0.2) is 17.6 Å². The van der Waals surface area contributed by atoms with Crippen molar-refractivity contribution in [2.75, 3.05) is 5.73 Å². The van der Waals surface area contributed by atoms with Gasteiger partial charge in [-0.3, -0.25) is 0 Å². The standard InChI is InChI=1S/C9H8BN3/c10-7-4-8(11)6-9(5-7)13-3-1-2-12-13/h1-6H,11H2. The average Bonchev–Trinajstić information content (AvgIpc) is 2.53. The van der Waals surface area contributed by atoms with Crippen molar-refractivity contribution in [3.8, 4) is 5.69 Å². The first kappa shape index (κ1) is 7.92. The van der Waals surface area contributed by atoms with Crippen molar-refractivity contribution in [2.45, 2.75) is 0 Å². The number of nitrogen functional groups attached to an aromatic ring is 1. The first-order valence-electron chi connectivity index (χ1n) is 3.92. The molecule has 1 heterocycles. The third-order valence-electron chi connectivity index (χ3n) is 1.73. The summed E-state index contributed by atoms with van der Waals surface area (Å²) in [5, 5.41) is 4.07. The molecule has 0 saturated carbocycles. The molecule has 1 aromatic carbocycles. The minimum atomic E-state index is 0.644. The molecule has 0 atom stereocenters. The van der Waals surface area contributed by atoms with Crippen LogP contribution in [0.25, 0.3) is 5.69 Å². The van der Waals surface area contributed by atoms with Gasteiger partial charge >= 0.3 is 0 Å². The van der Waals surface area contributed by atoms with E-state index in [9.17, 15) is 0 Å². The Morgan fingerprint density at radius 2 is 2.15 bits per heavy atom. The molecule has 0 aliphatic carbocycles. The van der Waals surface area contributed by atoms with Gasteiger partial charge in [-0.1, -0.05) is 5.46 Å². The van der Waals surface area contributed by atoms with E-state index in [1.54, 1.807) is 16.9 Å². The number of aromatic nitrogens is 2. The number of rotatable bonds is 1. The van der Waals surface area contributed by atoms with Gasteiger partial charge in [0.15, 0.2) is 0 Å². The summed E-state index contributed by atoms with van der Waals surface area (Å²) in [6, 6.07) is 7.21. The van der Waals surface area contributed by atoms with Gasteiger partial charge in [0.2, 0.25) is 0 Å². The van der Waals surface area contributed by atoms with Crippen molar-refractivity contribution in [3.05, 3.63) is 36.7 Å². The molecular weight excluding hydrogens is 161 g/mol. The number of benzene rings is 1. The molecule has 0 amide bonds. The summed E-state index contributed by atoms with van der Waals surface area (Å²) in [6.07, 6.45) is 3.55. The van der Waals surface area contributed by atoms with E-state index in [0.29, 0.717) is 11.2 Å². The lowest BCUT2D eigenvalue weighted by Gasteiger charge is -2.04. The molecule has 0 spiro atoms. The third kappa shape index (κ3) is 1.56. The van der Waals surface area contributed by atoms with E-state index >= 15 is 0 Å². The molecular formula is C9H8BN3. The fraction of sp³-hybridized carbons (Fsp3) is 0. The van der Waals surface area contributed by atoms with Crippen LogP contribution in [0.5, 0.6) is 0 Å². The Morgan fingerprint density at radius 3 is 2.77 bits per heavy atom. The van der Waals surface area contributed by atoms with Gasteiger partial charge in [0.05, 0.1) is 5.69 Å². The highest BCUT2D eigenvalue weighted by Gasteiger charge is 1.97. The average molecular weight is 169 g/mol. The Bertz CT molecular complexity index is 389. The SMILES string of the molecule is [B]c1cc(N)cc(-n2cccn2)c1. The van der Waals surface area contributed by atoms with E-state index in [1.807, 2.05) is 24.4 Å². The van der Waals surface area contributed by atoms with Gasteiger partial charge < -0.3 is 5.73 Å². The molecule has 3 nitrogen and oxygen atoms in total. The van der Waals surface area contributed by atoms with E-state index in [2.05, 4.69) is 5.10 Å². The largest absolute Gasteiger partial charge is 0.399 e. The highest BCUT2D eigenvalue weighted by molar-refractivity contribution is 6.32. The van der Waals surface area contributed by atoms with Crippen molar-refractivity contribution in [2.24, 2.45) is 0 Å². The van der Waals surface area contributed by atoms with Crippen LogP contribution in [0.2, 0.25) is 0 Å². The molecule has 62 valence electrons. The molecule has 2 radical (unpaired) electrons. The predicted molar refractivity (Wildman–Crippen MR) is 53.4 cm³/mol. The van der Waals surface area contributed by atoms with Crippen molar-refractivity contribution >= 4 is 19.0 Å². The lowest BCUT2D eigenvalue weighted by atomic mass is 9.95. The van der Waals surface area contributed by atoms with E-state index in [0.717, 1.165) is 5.69 Å². The van der Waals surface area contributed by atoms with Crippen LogP contribution in [0.4, 0.5) is 5.69 Å². The van der Waals surface area contributed by atoms with Gasteiger partial charge in [0.25, 0.3) is 0 Å². The first-order chi connectivity index (χ1) is 6.25. The maximum atomic E-state index is 5.64. The molecule has 2 rings (SSSR count). The summed E-state index contributed by atoms with van der Waals surface area (Å²) < 4.78 is 1.72. The monoisotopic (exact) mass is 169 g/mol. The van der Waals surface area contributed by atoms with Gasteiger partial charge in [-0.05, 0) is 24.3 Å². The molecule has 0 fully saturated rings. The van der Waals surface area contributed by atoms with Gasteiger partial charge in [-0.25, -0.2) is 4.68 Å². The van der Waals surface area contributed by atoms with Crippen LogP contribution in [0.3, 0.4) is 0 Å². The molecule has 2 aromatic rings. The highest BCUT2D eigenvalue weighted by atomic mass is 15.3. The van der Waals surface area contributed by atoms with Crippen LogP contribution in [-0.2, 0) is 0 Å². The van der Waals surface area contributed by atoms with Crippen molar-refractivity contribution in [3.63, 3.8) is 0 Å². The molecule has 0 aliphatic rings. The zero-order valence-electron chi connectivity index (χ0n) is 7.01. The van der Waals surface area contributed by atoms with E-state index in [4.69, 9.17) is 13.6 Å². The fourth-order valence-electron chi connectivity index (χ4n) is 1.21. The summed E-state index contributed by atoms with van der Waals surface area (Å²) in [5.74, 6) is 0. The Labute approximate surface area is 77.6 Å². The number of hydrogen-bond donors (Lipinski definition) is 1. The molecule has 0 unspecified atom stereocenters. The minimum absolute atomic E-state index is 0.644. The lowest BCUT2D eigenvalue weighted by Crippen LogP contribution is -2.07. The second kappa shape index (κ2) is 2.97. The predicted octanol–water partition coefficient (Wildman–Crippen LogP) is 0.248. The Morgan fingerprint density at radius 1 is 1.31 bits per heavy atom. The number of hydrogen-bond acceptors (Lipinski definition) is 2. The minimum Gasteiger partial charge on any atom is -0.399 e. The summed E-state index contributed by atoms with van der Waals surface area (Å²) in [6.45, 7) is 0. The van der Waals surface area contributed by atoms with Crippen LogP contribution in [0.15, 0.2) is 36.7 Å². The Hall–Kier alpha value is -1.71. The zero-order valence-corrected chi connectivity index (χ0v) is 7.01. The normalized spacial score (nSPS) is 10.2. The van der Waals surface area contributed by atoms with Crippen LogP contribution in [0.1, 0.15) is 0 Å². The second-order valence-corrected chi connectivity index (χ2v) is 2.81. The van der Waals surface area contributed by atoms with E-state index in [-0.39, 0.29) is 0 Å². The van der Waals surface area contributed by atoms with Crippen molar-refractivity contribution in [1.82, 2.24) is 9.78 Å². The van der Waals surface area contributed by atoms with E-state index in [1.165, 1.54) is 0 Å². The van der Waals surface area contributed by atoms with Crippen molar-refractivity contribution < 1.29 is 0 Å². The molecule has 13 heavy (non-hydrogen) atoms. The van der Waals surface area contributed by atoms with E-state index < -0.39 is 0 Å². The molecule has 1 aromatic heterocycles. The number of nitrogens with two attached hydrogens (primary N) is 1.